The summed E-state index contributed by atoms with van der Waals surface area (Å²) in [5.74, 6) is -0.827. The molecule has 0 spiro atoms. The first kappa shape index (κ1) is 18.2. The number of aliphatic imine (C=N–C) groups is 1. The fraction of sp³-hybridized carbons (Fsp3) is 0.150. The van der Waals surface area contributed by atoms with Crippen LogP contribution in [0.1, 0.15) is 21.6 Å². The Kier molecular flexibility index (Phi) is 4.94. The first-order valence-corrected chi connectivity index (χ1v) is 8.23. The molecule has 0 aliphatic rings. The van der Waals surface area contributed by atoms with Crippen LogP contribution in [-0.2, 0) is 7.05 Å². The fourth-order valence-electron chi connectivity index (χ4n) is 2.81. The number of carboxylic acid groups (broad SMARTS) is 1. The number of aromatic nitrogens is 2. The van der Waals surface area contributed by atoms with E-state index in [0.29, 0.717) is 16.9 Å². The van der Waals surface area contributed by atoms with E-state index < -0.39 is 5.97 Å². The molecule has 2 aromatic carbocycles. The van der Waals surface area contributed by atoms with Crippen LogP contribution in [0.4, 0.5) is 5.69 Å². The molecular formula is C20H19N3O4. The molecule has 7 heteroatoms. The molecule has 3 aromatic rings. The number of carboxylic acids is 1. The third-order valence-electron chi connectivity index (χ3n) is 4.32. The lowest BCUT2D eigenvalue weighted by molar-refractivity contribution is 0.0693. The average molecular weight is 365 g/mol. The van der Waals surface area contributed by atoms with E-state index >= 15 is 0 Å². The number of benzene rings is 2. The summed E-state index contributed by atoms with van der Waals surface area (Å²) >= 11 is 0. The minimum absolute atomic E-state index is 0.0351. The van der Waals surface area contributed by atoms with Crippen molar-refractivity contribution in [1.82, 2.24) is 9.36 Å². The first-order chi connectivity index (χ1) is 12.9. The van der Waals surface area contributed by atoms with Crippen LogP contribution < -0.4 is 10.3 Å². The van der Waals surface area contributed by atoms with Crippen molar-refractivity contribution in [2.75, 3.05) is 7.11 Å². The van der Waals surface area contributed by atoms with Crippen LogP contribution in [0, 0.1) is 6.92 Å². The number of rotatable bonds is 5. The Morgan fingerprint density at radius 1 is 1.19 bits per heavy atom. The lowest BCUT2D eigenvalue weighted by Gasteiger charge is -2.07. The van der Waals surface area contributed by atoms with Crippen molar-refractivity contribution in [2.24, 2.45) is 12.0 Å². The Morgan fingerprint density at radius 3 is 2.52 bits per heavy atom. The van der Waals surface area contributed by atoms with Gasteiger partial charge in [0.15, 0.2) is 5.69 Å². The second-order valence-corrected chi connectivity index (χ2v) is 5.93. The van der Waals surface area contributed by atoms with Crippen molar-refractivity contribution in [3.8, 4) is 11.4 Å². The number of nitrogens with zero attached hydrogens (tertiary/aromatic N) is 3. The monoisotopic (exact) mass is 365 g/mol. The van der Waals surface area contributed by atoms with Crippen LogP contribution in [-0.4, -0.2) is 33.8 Å². The largest absolute Gasteiger partial charge is 0.496 e. The number of para-hydroxylation sites is 1. The number of hydrogen-bond acceptors (Lipinski definition) is 4. The highest BCUT2D eigenvalue weighted by atomic mass is 16.5. The molecule has 0 aliphatic heterocycles. The maximum Gasteiger partial charge on any atom is 0.339 e. The molecule has 0 bridgehead atoms. The Labute approximate surface area is 155 Å². The van der Waals surface area contributed by atoms with Crippen molar-refractivity contribution in [3.05, 3.63) is 75.7 Å². The predicted molar refractivity (Wildman–Crippen MR) is 103 cm³/mol. The van der Waals surface area contributed by atoms with Crippen molar-refractivity contribution in [2.45, 2.75) is 6.92 Å². The Morgan fingerprint density at radius 2 is 1.89 bits per heavy atom. The van der Waals surface area contributed by atoms with Gasteiger partial charge in [-0.25, -0.2) is 14.5 Å². The minimum Gasteiger partial charge on any atom is -0.496 e. The van der Waals surface area contributed by atoms with Gasteiger partial charge in [-0.2, -0.15) is 0 Å². The minimum atomic E-state index is -1.09. The standard InChI is InChI=1S/C20H19N3O4/c1-13-18(19(24)23(22(13)2)15-7-5-4-6-8-15)21-12-14-9-10-17(27-3)16(11-14)20(25)26/h4-12H,1-3H3,(H,25,26). The summed E-state index contributed by atoms with van der Waals surface area (Å²) in [6.07, 6.45) is 1.48. The van der Waals surface area contributed by atoms with Crippen molar-refractivity contribution < 1.29 is 14.6 Å². The van der Waals surface area contributed by atoms with Gasteiger partial charge < -0.3 is 9.84 Å². The SMILES string of the molecule is COc1ccc(C=Nc2c(C)n(C)n(-c3ccccc3)c2=O)cc1C(=O)O. The highest BCUT2D eigenvalue weighted by molar-refractivity contribution is 5.94. The van der Waals surface area contributed by atoms with Crippen LogP contribution in [0.5, 0.6) is 5.75 Å². The maximum absolute atomic E-state index is 12.8. The van der Waals surface area contributed by atoms with Gasteiger partial charge in [0.1, 0.15) is 11.3 Å². The van der Waals surface area contributed by atoms with Crippen molar-refractivity contribution >= 4 is 17.9 Å². The zero-order chi connectivity index (χ0) is 19.6. The van der Waals surface area contributed by atoms with E-state index in [2.05, 4.69) is 4.99 Å². The van der Waals surface area contributed by atoms with Gasteiger partial charge in [0.05, 0.1) is 18.5 Å². The van der Waals surface area contributed by atoms with Gasteiger partial charge in [0, 0.05) is 13.3 Å². The van der Waals surface area contributed by atoms with Gasteiger partial charge in [-0.15, -0.1) is 0 Å². The van der Waals surface area contributed by atoms with E-state index in [1.54, 1.807) is 28.5 Å². The van der Waals surface area contributed by atoms with Crippen LogP contribution in [0.25, 0.3) is 5.69 Å². The quantitative estimate of drug-likeness (QED) is 0.705. The Balaban J connectivity index is 2.03. The molecule has 0 radical (unpaired) electrons. The van der Waals surface area contributed by atoms with E-state index in [0.717, 1.165) is 5.69 Å². The molecular weight excluding hydrogens is 346 g/mol. The molecule has 1 N–H and O–H groups in total. The smallest absolute Gasteiger partial charge is 0.339 e. The summed E-state index contributed by atoms with van der Waals surface area (Å²) in [7, 11) is 3.20. The summed E-state index contributed by atoms with van der Waals surface area (Å²) in [6.45, 7) is 1.81. The molecule has 27 heavy (non-hydrogen) atoms. The van der Waals surface area contributed by atoms with Gasteiger partial charge in [-0.1, -0.05) is 18.2 Å². The van der Waals surface area contributed by atoms with E-state index in [1.807, 2.05) is 37.3 Å². The van der Waals surface area contributed by atoms with E-state index in [4.69, 9.17) is 4.74 Å². The lowest BCUT2D eigenvalue weighted by atomic mass is 10.1. The molecule has 0 fully saturated rings. The first-order valence-electron chi connectivity index (χ1n) is 8.23. The fourth-order valence-corrected chi connectivity index (χ4v) is 2.81. The number of hydrogen-bond donors (Lipinski definition) is 1. The highest BCUT2D eigenvalue weighted by Gasteiger charge is 2.15. The molecule has 0 saturated heterocycles. The number of ether oxygens (including phenoxy) is 1. The molecule has 0 unspecified atom stereocenters. The normalized spacial score (nSPS) is 11.1. The van der Waals surface area contributed by atoms with Gasteiger partial charge >= 0.3 is 5.97 Å². The summed E-state index contributed by atoms with van der Waals surface area (Å²) in [6, 6.07) is 14.0. The van der Waals surface area contributed by atoms with Gasteiger partial charge in [0.25, 0.3) is 5.56 Å². The van der Waals surface area contributed by atoms with E-state index in [1.165, 1.54) is 19.4 Å². The molecule has 0 saturated carbocycles. The number of aromatic carboxylic acids is 1. The number of carbonyl (C=O) groups is 1. The summed E-state index contributed by atoms with van der Waals surface area (Å²) in [5, 5.41) is 9.28. The molecule has 7 nitrogen and oxygen atoms in total. The van der Waals surface area contributed by atoms with Crippen LogP contribution in [0.2, 0.25) is 0 Å². The molecule has 138 valence electrons. The molecule has 3 rings (SSSR count). The Bertz CT molecular complexity index is 1080. The number of methoxy groups -OCH3 is 1. The van der Waals surface area contributed by atoms with Gasteiger partial charge in [0.2, 0.25) is 0 Å². The van der Waals surface area contributed by atoms with Crippen molar-refractivity contribution in [1.29, 1.82) is 0 Å². The topological polar surface area (TPSA) is 85.8 Å². The summed E-state index contributed by atoms with van der Waals surface area (Å²) in [5.41, 5.74) is 2.09. The summed E-state index contributed by atoms with van der Waals surface area (Å²) in [4.78, 5) is 28.5. The Hall–Kier alpha value is -3.61. The summed E-state index contributed by atoms with van der Waals surface area (Å²) < 4.78 is 8.33. The predicted octanol–water partition coefficient (Wildman–Crippen LogP) is 2.94. The third-order valence-corrected chi connectivity index (χ3v) is 4.32. The van der Waals surface area contributed by atoms with Crippen LogP contribution in [0.3, 0.4) is 0 Å². The molecule has 0 aliphatic carbocycles. The molecule has 1 heterocycles. The third kappa shape index (κ3) is 3.39. The van der Waals surface area contributed by atoms with Crippen molar-refractivity contribution in [3.63, 3.8) is 0 Å². The van der Waals surface area contributed by atoms with Gasteiger partial charge in [-0.05, 0) is 42.8 Å². The highest BCUT2D eigenvalue weighted by Crippen LogP contribution is 2.20. The van der Waals surface area contributed by atoms with E-state index in [9.17, 15) is 14.7 Å². The van der Waals surface area contributed by atoms with Crippen LogP contribution >= 0.6 is 0 Å². The lowest BCUT2D eigenvalue weighted by Crippen LogP contribution is -2.19. The zero-order valence-corrected chi connectivity index (χ0v) is 15.2. The molecule has 0 atom stereocenters. The molecule has 1 aromatic heterocycles. The zero-order valence-electron chi connectivity index (χ0n) is 15.2. The maximum atomic E-state index is 12.8. The molecule has 0 amide bonds. The van der Waals surface area contributed by atoms with Gasteiger partial charge in [-0.3, -0.25) is 9.48 Å². The second-order valence-electron chi connectivity index (χ2n) is 5.93. The average Bonchev–Trinajstić information content (AvgIpc) is 2.89. The van der Waals surface area contributed by atoms with E-state index in [-0.39, 0.29) is 16.9 Å². The second kappa shape index (κ2) is 7.33. The van der Waals surface area contributed by atoms with Crippen LogP contribution in [0.15, 0.2) is 58.3 Å².